The second-order valence-electron chi connectivity index (χ2n) is 10.9. The Kier molecular flexibility index (Phi) is 10.4. The molecule has 0 radical (unpaired) electrons. The van der Waals surface area contributed by atoms with E-state index in [1.54, 1.807) is 12.4 Å². The summed E-state index contributed by atoms with van der Waals surface area (Å²) >= 11 is 1.34. The summed E-state index contributed by atoms with van der Waals surface area (Å²) in [5.41, 5.74) is 8.67. The minimum Gasteiger partial charge on any atom is -0.480 e. The summed E-state index contributed by atoms with van der Waals surface area (Å²) < 4.78 is 5.19. The van der Waals surface area contributed by atoms with E-state index in [1.807, 2.05) is 31.2 Å². The highest BCUT2D eigenvalue weighted by atomic mass is 32.2. The second kappa shape index (κ2) is 14.0. The first-order chi connectivity index (χ1) is 20.5. The molecule has 0 saturated carbocycles. The summed E-state index contributed by atoms with van der Waals surface area (Å²) in [6.45, 7) is 1.37. The number of nitrogens with zero attached hydrogens (tertiary/aromatic N) is 1. The van der Waals surface area contributed by atoms with E-state index in [9.17, 15) is 24.0 Å². The zero-order chi connectivity index (χ0) is 31.1. The number of allylic oxidation sites excluding steroid dienone is 2. The molecule has 5 atom stereocenters. The van der Waals surface area contributed by atoms with Crippen molar-refractivity contribution in [2.45, 2.75) is 62.3 Å². The molecule has 0 bridgehead atoms. The maximum Gasteiger partial charge on any atom is 0.322 e. The van der Waals surface area contributed by atoms with Gasteiger partial charge >= 0.3 is 17.9 Å². The molecule has 0 saturated heterocycles. The number of rotatable bonds is 15. The topological polar surface area (TPSA) is 198 Å². The monoisotopic (exact) mass is 612 g/mol. The molecular formula is C30H36N4O8S. The number of esters is 1. The average molecular weight is 613 g/mol. The lowest BCUT2D eigenvalue weighted by molar-refractivity contribution is -0.140. The fraction of sp³-hybridized carbons (Fsp3) is 0.467. The van der Waals surface area contributed by atoms with Crippen LogP contribution in [0.2, 0.25) is 0 Å². The summed E-state index contributed by atoms with van der Waals surface area (Å²) in [5.74, 6) is -4.02. The third-order valence-corrected chi connectivity index (χ3v) is 9.24. The highest BCUT2D eigenvalue weighted by Gasteiger charge is 2.50. The molecule has 230 valence electrons. The molecular weight excluding hydrogens is 576 g/mol. The minimum atomic E-state index is -1.25. The van der Waals surface area contributed by atoms with Crippen LogP contribution in [-0.2, 0) is 35.1 Å². The second-order valence-corrected chi connectivity index (χ2v) is 12.2. The fourth-order valence-electron chi connectivity index (χ4n) is 5.62. The average Bonchev–Trinajstić information content (AvgIpc) is 3.32. The Bertz CT molecular complexity index is 1360. The van der Waals surface area contributed by atoms with E-state index in [2.05, 4.69) is 21.7 Å². The van der Waals surface area contributed by atoms with Gasteiger partial charge in [0.2, 0.25) is 11.8 Å². The number of carboxylic acid groups (broad SMARTS) is 2. The van der Waals surface area contributed by atoms with Crippen LogP contribution in [0.15, 0.2) is 59.7 Å². The molecule has 2 aliphatic carbocycles. The van der Waals surface area contributed by atoms with Gasteiger partial charge in [0, 0.05) is 30.5 Å². The summed E-state index contributed by atoms with van der Waals surface area (Å²) in [6, 6.07) is 1.54. The first-order valence-corrected chi connectivity index (χ1v) is 15.2. The molecule has 4 rings (SSSR count). The van der Waals surface area contributed by atoms with Crippen LogP contribution in [0.3, 0.4) is 0 Å². The molecule has 3 aliphatic rings. The van der Waals surface area contributed by atoms with E-state index < -0.39 is 53.0 Å². The summed E-state index contributed by atoms with van der Waals surface area (Å²) in [7, 11) is 0. The quantitative estimate of drug-likeness (QED) is 0.143. The number of carboxylic acids is 2. The zero-order valence-electron chi connectivity index (χ0n) is 23.8. The fourth-order valence-corrected chi connectivity index (χ4v) is 7.13. The van der Waals surface area contributed by atoms with Gasteiger partial charge in [-0.2, -0.15) is 0 Å². The summed E-state index contributed by atoms with van der Waals surface area (Å²) in [5, 5.41) is 22.9. The molecule has 0 unspecified atom stereocenters. The van der Waals surface area contributed by atoms with E-state index in [0.717, 1.165) is 29.6 Å². The molecule has 1 aromatic rings. The van der Waals surface area contributed by atoms with Gasteiger partial charge in [0.05, 0.1) is 4.75 Å². The molecule has 12 nitrogen and oxygen atoms in total. The van der Waals surface area contributed by atoms with Gasteiger partial charge < -0.3 is 31.3 Å². The van der Waals surface area contributed by atoms with Gasteiger partial charge in [0.15, 0.2) is 0 Å². The Morgan fingerprint density at radius 3 is 2.65 bits per heavy atom. The maximum atomic E-state index is 13.2. The lowest BCUT2D eigenvalue weighted by Crippen LogP contribution is -2.50. The number of aliphatic carboxylic acids is 2. The van der Waals surface area contributed by atoms with Crippen LogP contribution in [0.5, 0.6) is 0 Å². The van der Waals surface area contributed by atoms with E-state index in [1.165, 1.54) is 11.8 Å². The highest BCUT2D eigenvalue weighted by molar-refractivity contribution is 8.01. The summed E-state index contributed by atoms with van der Waals surface area (Å²) in [4.78, 5) is 64.9. The van der Waals surface area contributed by atoms with Crippen LogP contribution >= 0.6 is 11.8 Å². The van der Waals surface area contributed by atoms with Crippen LogP contribution in [0.25, 0.3) is 0 Å². The molecule has 0 spiro atoms. The Morgan fingerprint density at radius 2 is 1.98 bits per heavy atom. The third kappa shape index (κ3) is 7.71. The van der Waals surface area contributed by atoms with Gasteiger partial charge in [-0.3, -0.25) is 29.0 Å². The molecule has 13 heteroatoms. The van der Waals surface area contributed by atoms with Crippen molar-refractivity contribution in [2.75, 3.05) is 12.3 Å². The number of nitrogens with one attached hydrogen (secondary N) is 2. The van der Waals surface area contributed by atoms with Crippen molar-refractivity contribution in [3.05, 3.63) is 65.2 Å². The number of carbonyl (C=O) groups is 5. The van der Waals surface area contributed by atoms with Crippen LogP contribution in [0.1, 0.15) is 44.6 Å². The van der Waals surface area contributed by atoms with E-state index >= 15 is 0 Å². The van der Waals surface area contributed by atoms with Crippen LogP contribution in [-0.4, -0.2) is 74.0 Å². The Balaban J connectivity index is 1.54. The van der Waals surface area contributed by atoms with Crippen molar-refractivity contribution in [1.29, 1.82) is 0 Å². The number of nitrogens with two attached hydrogens (primary N) is 1. The first kappa shape index (κ1) is 32.0. The molecule has 2 heterocycles. The minimum absolute atomic E-state index is 0.00771. The number of thioether (sulfide) groups is 1. The van der Waals surface area contributed by atoms with Crippen LogP contribution in [0.4, 0.5) is 0 Å². The first-order valence-electron chi connectivity index (χ1n) is 14.2. The summed E-state index contributed by atoms with van der Waals surface area (Å²) in [6.07, 6.45) is 12.0. The number of hydrogen-bond acceptors (Lipinski definition) is 9. The van der Waals surface area contributed by atoms with Crippen molar-refractivity contribution < 1.29 is 38.9 Å². The van der Waals surface area contributed by atoms with E-state index in [4.69, 9.17) is 20.7 Å². The predicted octanol–water partition coefficient (Wildman–Crippen LogP) is 1.72. The van der Waals surface area contributed by atoms with Crippen LogP contribution < -0.4 is 16.4 Å². The third-order valence-electron chi connectivity index (χ3n) is 7.69. The van der Waals surface area contributed by atoms with E-state index in [0.29, 0.717) is 18.6 Å². The van der Waals surface area contributed by atoms with Crippen LogP contribution in [0, 0.1) is 11.8 Å². The van der Waals surface area contributed by atoms with Gasteiger partial charge in [-0.1, -0.05) is 37.1 Å². The van der Waals surface area contributed by atoms with Gasteiger partial charge in [0.1, 0.15) is 30.3 Å². The van der Waals surface area contributed by atoms with E-state index in [-0.39, 0.29) is 30.5 Å². The van der Waals surface area contributed by atoms with Crippen molar-refractivity contribution in [1.82, 2.24) is 15.6 Å². The molecule has 0 fully saturated rings. The maximum absolute atomic E-state index is 13.2. The predicted molar refractivity (Wildman–Crippen MR) is 157 cm³/mol. The molecule has 1 aromatic heterocycles. The smallest absolute Gasteiger partial charge is 0.322 e. The molecule has 6 N–H and O–H groups in total. The van der Waals surface area contributed by atoms with Crippen molar-refractivity contribution in [2.24, 2.45) is 17.6 Å². The van der Waals surface area contributed by atoms with Gasteiger partial charge in [-0.05, 0) is 49.0 Å². The highest BCUT2D eigenvalue weighted by Crippen LogP contribution is 2.53. The van der Waals surface area contributed by atoms with Crippen molar-refractivity contribution in [3.8, 4) is 0 Å². The SMILES string of the molecule is CCC[C@]1(SC[C@H](NC(=O)CC[C@H](N)C(=O)O)C(=O)NCC(=O)O)C=C[C@H]2CC(Cc3ccncc3)=C[C@H]3C(=O)OC1=C32. The number of hydrogen-bond donors (Lipinski definition) is 5. The molecule has 43 heavy (non-hydrogen) atoms. The number of ether oxygens (including phenoxy) is 1. The Hall–Kier alpha value is -3.97. The molecule has 1 aliphatic heterocycles. The normalized spacial score (nSPS) is 23.5. The van der Waals surface area contributed by atoms with Gasteiger partial charge in [-0.25, -0.2) is 0 Å². The number of pyridine rings is 1. The molecule has 2 amide bonds. The standard InChI is InChI=1S/C30H36N4O8S/c1-2-8-30(43-16-22(27(38)33-15-24(36)37)34-23(35)4-3-21(31)28(39)40)9-5-19-13-18(12-17-6-10-32-11-7-17)14-20-25(19)26(30)42-29(20)41/h5-7,9-11,14,19-22H,2-4,8,12-13,15-16,31H2,1H3,(H,33,38)(H,34,35)(H,36,37)(H,39,40)/t19-,20+,21-,22-,30-/m0/s1. The Labute approximate surface area is 253 Å². The largest absolute Gasteiger partial charge is 0.480 e. The molecule has 0 aromatic carbocycles. The van der Waals surface area contributed by atoms with Crippen molar-refractivity contribution in [3.63, 3.8) is 0 Å². The van der Waals surface area contributed by atoms with Gasteiger partial charge in [-0.15, -0.1) is 11.8 Å². The number of aromatic nitrogens is 1. The number of amides is 2. The number of carbonyl (C=O) groups excluding carboxylic acids is 3. The lowest BCUT2D eigenvalue weighted by atomic mass is 9.72. The van der Waals surface area contributed by atoms with Gasteiger partial charge in [0.25, 0.3) is 0 Å². The van der Waals surface area contributed by atoms with Crippen molar-refractivity contribution >= 4 is 41.5 Å². The Morgan fingerprint density at radius 1 is 1.23 bits per heavy atom. The zero-order valence-corrected chi connectivity index (χ0v) is 24.6. The lowest BCUT2D eigenvalue weighted by Gasteiger charge is -2.37.